The van der Waals surface area contributed by atoms with Crippen molar-refractivity contribution in [2.24, 2.45) is 5.92 Å². The van der Waals surface area contributed by atoms with E-state index in [0.29, 0.717) is 17.2 Å². The van der Waals surface area contributed by atoms with Gasteiger partial charge in [0, 0.05) is 25.6 Å². The van der Waals surface area contributed by atoms with Crippen molar-refractivity contribution in [1.29, 1.82) is 0 Å². The first kappa shape index (κ1) is 22.8. The van der Waals surface area contributed by atoms with Gasteiger partial charge >= 0.3 is 0 Å². The number of benzene rings is 1. The van der Waals surface area contributed by atoms with Crippen molar-refractivity contribution in [2.75, 3.05) is 24.5 Å². The van der Waals surface area contributed by atoms with E-state index in [0.717, 1.165) is 50.0 Å². The maximum absolute atomic E-state index is 13.3. The van der Waals surface area contributed by atoms with E-state index in [2.05, 4.69) is 16.3 Å². The first-order valence-electron chi connectivity index (χ1n) is 12.4. The molecule has 3 aromatic rings. The van der Waals surface area contributed by atoms with E-state index in [9.17, 15) is 9.59 Å². The van der Waals surface area contributed by atoms with Crippen LogP contribution in [0.25, 0.3) is 10.2 Å². The van der Waals surface area contributed by atoms with E-state index in [1.807, 2.05) is 41.8 Å². The summed E-state index contributed by atoms with van der Waals surface area (Å²) < 4.78 is 2.49. The number of piperidine rings is 1. The van der Waals surface area contributed by atoms with E-state index >= 15 is 0 Å². The fourth-order valence-corrected chi connectivity index (χ4v) is 5.82. The molecule has 1 saturated heterocycles. The van der Waals surface area contributed by atoms with Gasteiger partial charge in [0.2, 0.25) is 11.9 Å². The lowest BCUT2D eigenvalue weighted by Gasteiger charge is -2.33. The smallest absolute Gasteiger partial charge is 0.273 e. The number of carbonyl (C=O) groups excluding carboxylic acids is 1. The molecule has 1 amide bonds. The third-order valence-corrected chi connectivity index (χ3v) is 7.90. The molecule has 0 spiro atoms. The minimum absolute atomic E-state index is 0.00994. The number of allylic oxidation sites excluding steroid dienone is 1. The fourth-order valence-electron chi connectivity index (χ4n) is 5.05. The molecule has 2 aromatic heterocycles. The van der Waals surface area contributed by atoms with Crippen molar-refractivity contribution in [3.63, 3.8) is 0 Å². The molecule has 0 bridgehead atoms. The number of rotatable bonds is 7. The summed E-state index contributed by atoms with van der Waals surface area (Å²) in [5.74, 6) is 0.901. The molecule has 1 N–H and O–H groups in total. The predicted octanol–water partition coefficient (Wildman–Crippen LogP) is 4.73. The molecule has 0 atom stereocenters. The lowest BCUT2D eigenvalue weighted by molar-refractivity contribution is -0.125. The average molecular weight is 477 g/mol. The summed E-state index contributed by atoms with van der Waals surface area (Å²) in [6, 6.07) is 12.0. The zero-order valence-corrected chi connectivity index (χ0v) is 20.4. The number of hydrogen-bond donors (Lipinski definition) is 1. The molecular formula is C27H32N4O2S. The summed E-state index contributed by atoms with van der Waals surface area (Å²) in [5, 5.41) is 5.09. The van der Waals surface area contributed by atoms with Crippen LogP contribution in [0, 0.1) is 5.92 Å². The van der Waals surface area contributed by atoms with E-state index in [-0.39, 0.29) is 17.4 Å². The average Bonchev–Trinajstić information content (AvgIpc) is 3.36. The Morgan fingerprint density at radius 1 is 1.12 bits per heavy atom. The highest BCUT2D eigenvalue weighted by molar-refractivity contribution is 7.17. The minimum Gasteiger partial charge on any atom is -0.356 e. The Kier molecular flexibility index (Phi) is 7.09. The van der Waals surface area contributed by atoms with E-state index < -0.39 is 0 Å². The van der Waals surface area contributed by atoms with Crippen LogP contribution in [0.5, 0.6) is 0 Å². The molecule has 1 fully saturated rings. The number of nitrogens with one attached hydrogen (secondary N) is 1. The number of aromatic nitrogens is 2. The molecule has 1 aliphatic heterocycles. The van der Waals surface area contributed by atoms with Gasteiger partial charge in [0.1, 0.15) is 4.70 Å². The third-order valence-electron chi connectivity index (χ3n) is 7.01. The Hall–Kier alpha value is -2.93. The zero-order chi connectivity index (χ0) is 23.3. The number of anilines is 1. The van der Waals surface area contributed by atoms with Gasteiger partial charge in [0.15, 0.2) is 0 Å². The normalized spacial score (nSPS) is 17.1. The van der Waals surface area contributed by atoms with Crippen molar-refractivity contribution in [3.05, 3.63) is 69.3 Å². The molecule has 1 aliphatic carbocycles. The van der Waals surface area contributed by atoms with Crippen LogP contribution in [0.4, 0.5) is 5.95 Å². The van der Waals surface area contributed by atoms with Crippen LogP contribution < -0.4 is 15.8 Å². The van der Waals surface area contributed by atoms with Gasteiger partial charge in [-0.15, -0.1) is 11.3 Å². The van der Waals surface area contributed by atoms with Crippen LogP contribution in [0.2, 0.25) is 0 Å². The highest BCUT2D eigenvalue weighted by atomic mass is 32.1. The Balaban J connectivity index is 1.26. The van der Waals surface area contributed by atoms with Crippen molar-refractivity contribution < 1.29 is 4.79 Å². The third kappa shape index (κ3) is 5.09. The van der Waals surface area contributed by atoms with Crippen LogP contribution in [-0.2, 0) is 11.3 Å². The van der Waals surface area contributed by atoms with E-state index in [1.165, 1.54) is 42.6 Å². The summed E-state index contributed by atoms with van der Waals surface area (Å²) in [7, 11) is 0. The summed E-state index contributed by atoms with van der Waals surface area (Å²) in [6.45, 7) is 2.67. The Morgan fingerprint density at radius 3 is 2.71 bits per heavy atom. The molecule has 1 aromatic carbocycles. The molecule has 7 heteroatoms. The maximum Gasteiger partial charge on any atom is 0.273 e. The predicted molar refractivity (Wildman–Crippen MR) is 139 cm³/mol. The van der Waals surface area contributed by atoms with Gasteiger partial charge < -0.3 is 10.2 Å². The Bertz CT molecular complexity index is 1220. The highest BCUT2D eigenvalue weighted by Crippen LogP contribution is 2.25. The van der Waals surface area contributed by atoms with E-state index in [4.69, 9.17) is 4.98 Å². The molecule has 3 heterocycles. The number of thiophene rings is 1. The topological polar surface area (TPSA) is 67.2 Å². The van der Waals surface area contributed by atoms with Gasteiger partial charge in [0.05, 0.1) is 12.1 Å². The van der Waals surface area contributed by atoms with Crippen LogP contribution >= 0.6 is 11.3 Å². The van der Waals surface area contributed by atoms with Crippen molar-refractivity contribution in [2.45, 2.75) is 51.5 Å². The first-order chi connectivity index (χ1) is 16.7. The monoisotopic (exact) mass is 476 g/mol. The zero-order valence-electron chi connectivity index (χ0n) is 19.5. The fraction of sp³-hybridized carbons (Fsp3) is 0.444. The Morgan fingerprint density at radius 2 is 1.94 bits per heavy atom. The summed E-state index contributed by atoms with van der Waals surface area (Å²) >= 11 is 1.44. The largest absolute Gasteiger partial charge is 0.356 e. The lowest BCUT2D eigenvalue weighted by atomic mass is 9.95. The van der Waals surface area contributed by atoms with Gasteiger partial charge in [-0.2, -0.15) is 0 Å². The van der Waals surface area contributed by atoms with Crippen LogP contribution in [0.1, 0.15) is 50.5 Å². The van der Waals surface area contributed by atoms with Gasteiger partial charge in [-0.05, 0) is 62.0 Å². The maximum atomic E-state index is 13.3. The molecule has 6 nitrogen and oxygen atoms in total. The highest BCUT2D eigenvalue weighted by Gasteiger charge is 2.27. The second-order valence-corrected chi connectivity index (χ2v) is 10.3. The van der Waals surface area contributed by atoms with Gasteiger partial charge in [-0.3, -0.25) is 14.2 Å². The van der Waals surface area contributed by atoms with Gasteiger partial charge in [-0.1, -0.05) is 42.0 Å². The summed E-state index contributed by atoms with van der Waals surface area (Å²) in [4.78, 5) is 33.1. The molecule has 0 saturated carbocycles. The SMILES string of the molecule is O=C(NCCC1=CCCCC1)C1CCN(c2nc3ccsc3c(=O)n2Cc2ccccc2)CC1. The van der Waals surface area contributed by atoms with Gasteiger partial charge in [0.25, 0.3) is 5.56 Å². The molecule has 0 unspecified atom stereocenters. The lowest BCUT2D eigenvalue weighted by Crippen LogP contribution is -2.43. The quantitative estimate of drug-likeness (QED) is 0.501. The molecule has 0 radical (unpaired) electrons. The second kappa shape index (κ2) is 10.6. The van der Waals surface area contributed by atoms with Crippen LogP contribution in [0.15, 0.2) is 58.2 Å². The molecule has 34 heavy (non-hydrogen) atoms. The van der Waals surface area contributed by atoms with E-state index in [1.54, 1.807) is 4.57 Å². The second-order valence-electron chi connectivity index (χ2n) is 9.33. The minimum atomic E-state index is 0.00994. The summed E-state index contributed by atoms with van der Waals surface area (Å²) in [6.07, 6.45) is 9.81. The van der Waals surface area contributed by atoms with Crippen LogP contribution in [-0.4, -0.2) is 35.1 Å². The first-order valence-corrected chi connectivity index (χ1v) is 13.3. The Labute approximate surface area is 204 Å². The molecule has 5 rings (SSSR count). The van der Waals surface area contributed by atoms with Crippen molar-refractivity contribution >= 4 is 33.4 Å². The standard InChI is InChI=1S/C27H32N4O2S/c32-25(28-15-11-20-7-3-1-4-8-20)22-12-16-30(17-13-22)27-29-23-14-18-34-24(23)26(33)31(27)19-21-9-5-2-6-10-21/h2,5-7,9-10,14,18,22H,1,3-4,8,11-13,15-17,19H2,(H,28,32). The number of carbonyl (C=O) groups is 1. The number of nitrogens with zero attached hydrogens (tertiary/aromatic N) is 3. The number of hydrogen-bond acceptors (Lipinski definition) is 5. The number of amides is 1. The molecular weight excluding hydrogens is 444 g/mol. The molecule has 178 valence electrons. The van der Waals surface area contributed by atoms with Crippen molar-refractivity contribution in [3.8, 4) is 0 Å². The summed E-state index contributed by atoms with van der Waals surface area (Å²) in [5.41, 5.74) is 3.33. The van der Waals surface area contributed by atoms with Crippen LogP contribution in [0.3, 0.4) is 0 Å². The number of fused-ring (bicyclic) bond motifs is 1. The van der Waals surface area contributed by atoms with Crippen molar-refractivity contribution in [1.82, 2.24) is 14.9 Å². The van der Waals surface area contributed by atoms with Gasteiger partial charge in [-0.25, -0.2) is 4.98 Å². The molecule has 2 aliphatic rings.